The van der Waals surface area contributed by atoms with Gasteiger partial charge in [-0.1, -0.05) is 18.2 Å². The number of rotatable bonds is 2. The Morgan fingerprint density at radius 1 is 1.31 bits per heavy atom. The Morgan fingerprint density at radius 2 is 2.04 bits per heavy atom. The molecule has 1 aromatic carbocycles. The van der Waals surface area contributed by atoms with Crippen LogP contribution in [0.25, 0.3) is 0 Å². The molecule has 2 amide bonds. The van der Waals surface area contributed by atoms with Crippen molar-refractivity contribution in [2.24, 2.45) is 5.92 Å². The van der Waals surface area contributed by atoms with Crippen LogP contribution in [0.4, 0.5) is 4.79 Å². The van der Waals surface area contributed by atoms with E-state index in [0.29, 0.717) is 5.75 Å². The first-order chi connectivity index (χ1) is 12.3. The first-order valence-electron chi connectivity index (χ1n) is 8.68. The summed E-state index contributed by atoms with van der Waals surface area (Å²) >= 11 is 0. The second-order valence-electron chi connectivity index (χ2n) is 7.64. The predicted molar refractivity (Wildman–Crippen MR) is 93.5 cm³/mol. The van der Waals surface area contributed by atoms with Gasteiger partial charge in [-0.2, -0.15) is 5.26 Å². The van der Waals surface area contributed by atoms with Crippen LogP contribution < -0.4 is 10.1 Å². The van der Waals surface area contributed by atoms with Crippen molar-refractivity contribution in [3.05, 3.63) is 29.8 Å². The van der Waals surface area contributed by atoms with Crippen LogP contribution in [0, 0.1) is 17.2 Å². The molecule has 0 aliphatic carbocycles. The molecule has 7 nitrogen and oxygen atoms in total. The highest BCUT2D eigenvalue weighted by Crippen LogP contribution is 2.34. The number of benzene rings is 1. The summed E-state index contributed by atoms with van der Waals surface area (Å²) in [6.45, 7) is 6.16. The average molecular weight is 357 g/mol. The lowest BCUT2D eigenvalue weighted by Crippen LogP contribution is -2.43. The first kappa shape index (κ1) is 18.1. The first-order valence-corrected chi connectivity index (χ1v) is 8.68. The summed E-state index contributed by atoms with van der Waals surface area (Å²) in [5, 5.41) is 12.3. The zero-order valence-corrected chi connectivity index (χ0v) is 15.2. The van der Waals surface area contributed by atoms with Gasteiger partial charge in [0.2, 0.25) is 5.91 Å². The second-order valence-corrected chi connectivity index (χ2v) is 7.64. The van der Waals surface area contributed by atoms with E-state index in [2.05, 4.69) is 11.4 Å². The van der Waals surface area contributed by atoms with E-state index >= 15 is 0 Å². The molecule has 2 aliphatic rings. The lowest BCUT2D eigenvalue weighted by atomic mass is 9.99. The molecule has 2 heterocycles. The standard InChI is InChI=1S/C19H23N3O4/c1-19(2,3)26-18(24)22-9-12(8-20)15(10-22)21-17(23)14-11-25-16-7-5-4-6-13(14)16/h4-7,12,14-15H,9-11H2,1-3H3,(H,21,23)/t12-,14+,15-/m0/s1. The number of amides is 2. The topological polar surface area (TPSA) is 91.7 Å². The van der Waals surface area contributed by atoms with Gasteiger partial charge in [0.05, 0.1) is 18.0 Å². The molecule has 3 atom stereocenters. The van der Waals surface area contributed by atoms with Crippen LogP contribution in [0.2, 0.25) is 0 Å². The van der Waals surface area contributed by atoms with Crippen molar-refractivity contribution in [1.82, 2.24) is 10.2 Å². The summed E-state index contributed by atoms with van der Waals surface area (Å²) in [7, 11) is 0. The number of carbonyl (C=O) groups is 2. The Kier molecular flexibility index (Phi) is 4.77. The van der Waals surface area contributed by atoms with Gasteiger partial charge in [0.15, 0.2) is 0 Å². The van der Waals surface area contributed by atoms with Crippen LogP contribution in [0.1, 0.15) is 32.3 Å². The Labute approximate surface area is 152 Å². The summed E-state index contributed by atoms with van der Waals surface area (Å²) in [5.41, 5.74) is 0.242. The average Bonchev–Trinajstić information content (AvgIpc) is 3.17. The van der Waals surface area contributed by atoms with E-state index in [1.54, 1.807) is 20.8 Å². The zero-order chi connectivity index (χ0) is 18.9. The molecular weight excluding hydrogens is 334 g/mol. The zero-order valence-electron chi connectivity index (χ0n) is 15.2. The minimum Gasteiger partial charge on any atom is -0.492 e. The minimum atomic E-state index is -0.606. The summed E-state index contributed by atoms with van der Waals surface area (Å²) < 4.78 is 10.9. The normalized spacial score (nSPS) is 24.4. The van der Waals surface area contributed by atoms with E-state index in [4.69, 9.17) is 9.47 Å². The van der Waals surface area contributed by atoms with Crippen LogP contribution in [0.3, 0.4) is 0 Å². The maximum Gasteiger partial charge on any atom is 0.410 e. The fourth-order valence-electron chi connectivity index (χ4n) is 3.22. The number of hydrogen-bond donors (Lipinski definition) is 1. The molecule has 1 saturated heterocycles. The smallest absolute Gasteiger partial charge is 0.410 e. The Hall–Kier alpha value is -2.75. The molecule has 138 valence electrons. The highest BCUT2D eigenvalue weighted by molar-refractivity contribution is 5.86. The fourth-order valence-corrected chi connectivity index (χ4v) is 3.22. The molecule has 3 rings (SSSR count). The van der Waals surface area contributed by atoms with Gasteiger partial charge < -0.3 is 19.7 Å². The van der Waals surface area contributed by atoms with Gasteiger partial charge in [0.25, 0.3) is 0 Å². The predicted octanol–water partition coefficient (Wildman–Crippen LogP) is 2.04. The van der Waals surface area contributed by atoms with Gasteiger partial charge >= 0.3 is 6.09 Å². The third-order valence-electron chi connectivity index (χ3n) is 4.48. The van der Waals surface area contributed by atoms with E-state index in [-0.39, 0.29) is 25.6 Å². The van der Waals surface area contributed by atoms with Crippen molar-refractivity contribution in [3.63, 3.8) is 0 Å². The molecule has 1 N–H and O–H groups in total. The number of fused-ring (bicyclic) bond motifs is 1. The van der Waals surface area contributed by atoms with Crippen LogP contribution in [0.15, 0.2) is 24.3 Å². The van der Waals surface area contributed by atoms with E-state index in [1.807, 2.05) is 24.3 Å². The third kappa shape index (κ3) is 3.74. The summed E-state index contributed by atoms with van der Waals surface area (Å²) in [6.07, 6.45) is -0.468. The number of likely N-dealkylation sites (tertiary alicyclic amines) is 1. The number of carbonyl (C=O) groups excluding carboxylic acids is 2. The number of nitrogens with one attached hydrogen (secondary N) is 1. The Bertz CT molecular complexity index is 750. The van der Waals surface area contributed by atoms with Crippen molar-refractivity contribution >= 4 is 12.0 Å². The van der Waals surface area contributed by atoms with Crippen molar-refractivity contribution < 1.29 is 19.1 Å². The molecule has 0 unspecified atom stereocenters. The van der Waals surface area contributed by atoms with Gasteiger partial charge in [-0.25, -0.2) is 4.79 Å². The Morgan fingerprint density at radius 3 is 2.73 bits per heavy atom. The van der Waals surface area contributed by atoms with Crippen LogP contribution in [-0.2, 0) is 9.53 Å². The SMILES string of the molecule is CC(C)(C)OC(=O)N1C[C@H](NC(=O)[C@@H]2COc3ccccc32)[C@@H](C#N)C1. The molecule has 1 aromatic rings. The second kappa shape index (κ2) is 6.87. The highest BCUT2D eigenvalue weighted by Gasteiger charge is 2.40. The molecular formula is C19H23N3O4. The van der Waals surface area contributed by atoms with Crippen molar-refractivity contribution in [1.29, 1.82) is 5.26 Å². The molecule has 0 bridgehead atoms. The van der Waals surface area contributed by atoms with E-state index in [1.165, 1.54) is 4.90 Å². The monoisotopic (exact) mass is 357 g/mol. The van der Waals surface area contributed by atoms with E-state index < -0.39 is 29.6 Å². The molecule has 2 aliphatic heterocycles. The summed E-state index contributed by atoms with van der Waals surface area (Å²) in [6, 6.07) is 9.19. The van der Waals surface area contributed by atoms with Gasteiger partial charge in [-0.15, -0.1) is 0 Å². The van der Waals surface area contributed by atoms with Crippen LogP contribution >= 0.6 is 0 Å². The summed E-state index contributed by atoms with van der Waals surface area (Å²) in [5.74, 6) is -0.345. The Balaban J connectivity index is 1.65. The quantitative estimate of drug-likeness (QED) is 0.874. The van der Waals surface area contributed by atoms with Crippen molar-refractivity contribution in [2.45, 2.75) is 38.3 Å². The maximum absolute atomic E-state index is 12.7. The van der Waals surface area contributed by atoms with Crippen molar-refractivity contribution in [3.8, 4) is 11.8 Å². The molecule has 26 heavy (non-hydrogen) atoms. The highest BCUT2D eigenvalue weighted by atomic mass is 16.6. The van der Waals surface area contributed by atoms with Gasteiger partial charge in [0.1, 0.15) is 23.9 Å². The molecule has 0 spiro atoms. The maximum atomic E-state index is 12.7. The minimum absolute atomic E-state index is 0.189. The fraction of sp³-hybridized carbons (Fsp3) is 0.526. The molecule has 0 radical (unpaired) electrons. The third-order valence-corrected chi connectivity index (χ3v) is 4.48. The number of nitriles is 1. The summed E-state index contributed by atoms with van der Waals surface area (Å²) in [4.78, 5) is 26.4. The van der Waals surface area contributed by atoms with Gasteiger partial charge in [-0.05, 0) is 26.8 Å². The number of para-hydroxylation sites is 1. The van der Waals surface area contributed by atoms with Gasteiger partial charge in [-0.3, -0.25) is 4.79 Å². The van der Waals surface area contributed by atoms with Crippen LogP contribution in [0.5, 0.6) is 5.75 Å². The van der Waals surface area contributed by atoms with Crippen molar-refractivity contribution in [2.75, 3.05) is 19.7 Å². The molecule has 0 saturated carbocycles. The van der Waals surface area contributed by atoms with Gasteiger partial charge in [0, 0.05) is 18.7 Å². The molecule has 1 fully saturated rings. The molecule has 7 heteroatoms. The number of hydrogen-bond acceptors (Lipinski definition) is 5. The lowest BCUT2D eigenvalue weighted by Gasteiger charge is -2.24. The van der Waals surface area contributed by atoms with Crippen LogP contribution in [-0.4, -0.2) is 48.2 Å². The lowest BCUT2D eigenvalue weighted by molar-refractivity contribution is -0.123. The largest absolute Gasteiger partial charge is 0.492 e. The van der Waals surface area contributed by atoms with E-state index in [9.17, 15) is 14.9 Å². The number of nitrogens with zero attached hydrogens (tertiary/aromatic N) is 2. The molecule has 0 aromatic heterocycles. The van der Waals surface area contributed by atoms with E-state index in [0.717, 1.165) is 5.56 Å². The number of ether oxygens (including phenoxy) is 2.